The van der Waals surface area contributed by atoms with Crippen LogP contribution in [0.25, 0.3) is 0 Å². The molecule has 0 amide bonds. The van der Waals surface area contributed by atoms with E-state index < -0.39 is 0 Å². The number of rotatable bonds is 4. The summed E-state index contributed by atoms with van der Waals surface area (Å²) in [4.78, 5) is 0. The third-order valence-corrected chi connectivity index (χ3v) is 2.98. The molecule has 0 radical (unpaired) electrons. The summed E-state index contributed by atoms with van der Waals surface area (Å²) in [5.41, 5.74) is 5.88. The maximum Gasteiger partial charge on any atom is 0.0590 e. The minimum Gasteiger partial charge on any atom is -0.378 e. The molecule has 1 rings (SSSR count). The van der Waals surface area contributed by atoms with Gasteiger partial charge in [-0.05, 0) is 31.6 Å². The van der Waals surface area contributed by atoms with Gasteiger partial charge in [0.25, 0.3) is 0 Å². The molecule has 0 heterocycles. The molecule has 2 nitrogen and oxygen atoms in total. The molecule has 13 heavy (non-hydrogen) atoms. The molecule has 0 bridgehead atoms. The van der Waals surface area contributed by atoms with Gasteiger partial charge in [0.15, 0.2) is 0 Å². The van der Waals surface area contributed by atoms with Crippen molar-refractivity contribution in [2.24, 2.45) is 11.7 Å². The Kier molecular flexibility index (Phi) is 4.74. The Morgan fingerprint density at radius 1 is 1.46 bits per heavy atom. The summed E-state index contributed by atoms with van der Waals surface area (Å²) < 4.78 is 5.83. The maximum atomic E-state index is 5.88. The van der Waals surface area contributed by atoms with E-state index in [-0.39, 0.29) is 0 Å². The van der Waals surface area contributed by atoms with Crippen LogP contribution in [0.1, 0.15) is 46.0 Å². The van der Waals surface area contributed by atoms with E-state index in [1.165, 1.54) is 25.7 Å². The minimum absolute atomic E-state index is 0.385. The van der Waals surface area contributed by atoms with Crippen molar-refractivity contribution >= 4 is 0 Å². The van der Waals surface area contributed by atoms with Crippen LogP contribution in [-0.4, -0.2) is 18.8 Å². The zero-order valence-electron chi connectivity index (χ0n) is 8.96. The Labute approximate surface area is 81.8 Å². The number of ether oxygens (including phenoxy) is 1. The molecule has 0 aromatic rings. The van der Waals surface area contributed by atoms with Gasteiger partial charge in [-0.25, -0.2) is 0 Å². The van der Waals surface area contributed by atoms with Crippen LogP contribution >= 0.6 is 0 Å². The lowest BCUT2D eigenvalue weighted by Crippen LogP contribution is -2.32. The van der Waals surface area contributed by atoms with Gasteiger partial charge in [0.2, 0.25) is 0 Å². The fourth-order valence-corrected chi connectivity index (χ4v) is 1.75. The summed E-state index contributed by atoms with van der Waals surface area (Å²) in [7, 11) is 0. The summed E-state index contributed by atoms with van der Waals surface area (Å²) in [5, 5.41) is 0. The van der Waals surface area contributed by atoms with Crippen LogP contribution in [-0.2, 0) is 4.74 Å². The highest BCUT2D eigenvalue weighted by Crippen LogP contribution is 2.20. The molecular weight excluding hydrogens is 162 g/mol. The fourth-order valence-electron chi connectivity index (χ4n) is 1.75. The lowest BCUT2D eigenvalue weighted by Gasteiger charge is -2.27. The molecule has 1 fully saturated rings. The SMILES string of the molecule is CCC(C)COC1CCCC(N)C1. The smallest absolute Gasteiger partial charge is 0.0590 e. The Hall–Kier alpha value is -0.0800. The van der Waals surface area contributed by atoms with Crippen LogP contribution in [0.5, 0.6) is 0 Å². The standard InChI is InChI=1S/C11H23NO/c1-3-9(2)8-13-11-6-4-5-10(12)7-11/h9-11H,3-8,12H2,1-2H3. The topological polar surface area (TPSA) is 35.2 Å². The van der Waals surface area contributed by atoms with Crippen molar-refractivity contribution in [3.63, 3.8) is 0 Å². The van der Waals surface area contributed by atoms with Gasteiger partial charge in [-0.1, -0.05) is 20.3 Å². The molecule has 1 aliphatic rings. The largest absolute Gasteiger partial charge is 0.378 e. The van der Waals surface area contributed by atoms with Crippen molar-refractivity contribution in [3.05, 3.63) is 0 Å². The first-order chi connectivity index (χ1) is 6.22. The van der Waals surface area contributed by atoms with Gasteiger partial charge in [-0.15, -0.1) is 0 Å². The van der Waals surface area contributed by atoms with Crippen LogP contribution in [0.4, 0.5) is 0 Å². The number of hydrogen-bond acceptors (Lipinski definition) is 2. The highest BCUT2D eigenvalue weighted by Gasteiger charge is 2.19. The van der Waals surface area contributed by atoms with Crippen molar-refractivity contribution in [2.75, 3.05) is 6.61 Å². The second-order valence-corrected chi connectivity index (χ2v) is 4.40. The zero-order valence-corrected chi connectivity index (χ0v) is 8.96. The van der Waals surface area contributed by atoms with Gasteiger partial charge < -0.3 is 10.5 Å². The second-order valence-electron chi connectivity index (χ2n) is 4.40. The Balaban J connectivity index is 2.13. The lowest BCUT2D eigenvalue weighted by atomic mass is 9.93. The molecule has 0 aromatic carbocycles. The second kappa shape index (κ2) is 5.61. The van der Waals surface area contributed by atoms with Crippen molar-refractivity contribution < 1.29 is 4.74 Å². The molecule has 2 N–H and O–H groups in total. The third kappa shape index (κ3) is 4.10. The average Bonchev–Trinajstić information content (AvgIpc) is 2.14. The van der Waals surface area contributed by atoms with Gasteiger partial charge in [-0.3, -0.25) is 0 Å². The van der Waals surface area contributed by atoms with Crippen LogP contribution in [0.15, 0.2) is 0 Å². The van der Waals surface area contributed by atoms with Crippen molar-refractivity contribution in [1.82, 2.24) is 0 Å². The van der Waals surface area contributed by atoms with Crippen molar-refractivity contribution in [3.8, 4) is 0 Å². The van der Waals surface area contributed by atoms with Crippen LogP contribution in [0.3, 0.4) is 0 Å². The first-order valence-electron chi connectivity index (χ1n) is 5.59. The monoisotopic (exact) mass is 185 g/mol. The highest BCUT2D eigenvalue weighted by atomic mass is 16.5. The molecule has 3 atom stereocenters. The van der Waals surface area contributed by atoms with E-state index in [4.69, 9.17) is 10.5 Å². The van der Waals surface area contributed by atoms with Gasteiger partial charge in [0.05, 0.1) is 6.10 Å². The van der Waals surface area contributed by atoms with Crippen molar-refractivity contribution in [1.29, 1.82) is 0 Å². The quantitative estimate of drug-likeness (QED) is 0.729. The molecule has 1 saturated carbocycles. The third-order valence-electron chi connectivity index (χ3n) is 2.98. The van der Waals surface area contributed by atoms with Crippen molar-refractivity contribution in [2.45, 2.75) is 58.1 Å². The molecule has 3 unspecified atom stereocenters. The van der Waals surface area contributed by atoms with E-state index in [1.807, 2.05) is 0 Å². The van der Waals surface area contributed by atoms with E-state index >= 15 is 0 Å². The number of nitrogens with two attached hydrogens (primary N) is 1. The predicted molar refractivity (Wildman–Crippen MR) is 55.6 cm³/mol. The van der Waals surface area contributed by atoms with E-state index in [2.05, 4.69) is 13.8 Å². The Morgan fingerprint density at radius 2 is 2.23 bits per heavy atom. The first-order valence-corrected chi connectivity index (χ1v) is 5.59. The lowest BCUT2D eigenvalue weighted by molar-refractivity contribution is 0.00608. The fraction of sp³-hybridized carbons (Fsp3) is 1.00. The summed E-state index contributed by atoms with van der Waals surface area (Å²) in [6.07, 6.45) is 6.35. The van der Waals surface area contributed by atoms with E-state index in [1.54, 1.807) is 0 Å². The minimum atomic E-state index is 0.385. The van der Waals surface area contributed by atoms with E-state index in [0.29, 0.717) is 18.1 Å². The summed E-state index contributed by atoms with van der Waals surface area (Å²) in [6.45, 7) is 5.36. The molecule has 0 aliphatic heterocycles. The van der Waals surface area contributed by atoms with Gasteiger partial charge >= 0.3 is 0 Å². The molecule has 78 valence electrons. The van der Waals surface area contributed by atoms with Crippen LogP contribution in [0, 0.1) is 5.92 Å². The molecular formula is C11H23NO. The Morgan fingerprint density at radius 3 is 2.85 bits per heavy atom. The zero-order chi connectivity index (χ0) is 9.68. The van der Waals surface area contributed by atoms with Crippen LogP contribution in [0.2, 0.25) is 0 Å². The highest BCUT2D eigenvalue weighted by molar-refractivity contribution is 4.75. The molecule has 0 saturated heterocycles. The molecule has 0 spiro atoms. The van der Waals surface area contributed by atoms with E-state index in [9.17, 15) is 0 Å². The molecule has 0 aromatic heterocycles. The van der Waals surface area contributed by atoms with Crippen LogP contribution < -0.4 is 5.73 Å². The summed E-state index contributed by atoms with van der Waals surface area (Å²) >= 11 is 0. The van der Waals surface area contributed by atoms with Gasteiger partial charge in [0, 0.05) is 12.6 Å². The van der Waals surface area contributed by atoms with Gasteiger partial charge in [-0.2, -0.15) is 0 Å². The maximum absolute atomic E-state index is 5.88. The van der Waals surface area contributed by atoms with Gasteiger partial charge in [0.1, 0.15) is 0 Å². The summed E-state index contributed by atoms with van der Waals surface area (Å²) in [6, 6.07) is 0.385. The summed E-state index contributed by atoms with van der Waals surface area (Å²) in [5.74, 6) is 0.693. The molecule has 1 aliphatic carbocycles. The molecule has 2 heteroatoms. The Bertz CT molecular complexity index is 138. The predicted octanol–water partition coefficient (Wildman–Crippen LogP) is 2.32. The average molecular weight is 185 g/mol. The normalized spacial score (nSPS) is 31.6. The number of hydrogen-bond donors (Lipinski definition) is 1. The first kappa shape index (κ1) is 11.0. The van der Waals surface area contributed by atoms with E-state index in [0.717, 1.165) is 13.0 Å².